The Hall–Kier alpha value is -1.55. The molecule has 1 heterocycles. The van der Waals surface area contributed by atoms with E-state index in [0.717, 1.165) is 55.8 Å². The van der Waals surface area contributed by atoms with Crippen LogP contribution in [0.4, 0.5) is 0 Å². The van der Waals surface area contributed by atoms with Gasteiger partial charge in [0.25, 0.3) is 0 Å². The normalized spacial score (nSPS) is 16.1. The van der Waals surface area contributed by atoms with Crippen molar-refractivity contribution in [2.45, 2.75) is 31.8 Å². The second-order valence-electron chi connectivity index (χ2n) is 4.62. The second-order valence-corrected chi connectivity index (χ2v) is 4.62. The molecule has 19 heavy (non-hydrogen) atoms. The standard InChI is InChI=1S/C15H20O4/c1-17-15-11-12(3-2-8-16)4-5-14(15)19-13-6-9-18-10-7-13/h4-5,8,11,13H,2-3,6-7,9-10H2,1H3. The fourth-order valence-electron chi connectivity index (χ4n) is 2.16. The Morgan fingerprint density at radius 2 is 2.11 bits per heavy atom. The van der Waals surface area contributed by atoms with Crippen LogP contribution in [0, 0.1) is 0 Å². The van der Waals surface area contributed by atoms with E-state index in [2.05, 4.69) is 0 Å². The highest BCUT2D eigenvalue weighted by Gasteiger charge is 2.17. The van der Waals surface area contributed by atoms with E-state index in [9.17, 15) is 4.79 Å². The van der Waals surface area contributed by atoms with Crippen LogP contribution in [0.1, 0.15) is 24.8 Å². The zero-order valence-corrected chi connectivity index (χ0v) is 11.3. The molecule has 1 aliphatic heterocycles. The largest absolute Gasteiger partial charge is 0.493 e. The lowest BCUT2D eigenvalue weighted by Crippen LogP contribution is -2.26. The lowest BCUT2D eigenvalue weighted by Gasteiger charge is -2.24. The van der Waals surface area contributed by atoms with Gasteiger partial charge in [-0.05, 0) is 24.1 Å². The van der Waals surface area contributed by atoms with Crippen molar-refractivity contribution in [3.8, 4) is 11.5 Å². The molecule has 2 rings (SSSR count). The number of aryl methyl sites for hydroxylation is 1. The van der Waals surface area contributed by atoms with Gasteiger partial charge in [-0.25, -0.2) is 0 Å². The minimum Gasteiger partial charge on any atom is -0.493 e. The maximum atomic E-state index is 10.4. The zero-order valence-electron chi connectivity index (χ0n) is 11.3. The molecule has 0 aromatic heterocycles. The van der Waals surface area contributed by atoms with Gasteiger partial charge < -0.3 is 19.0 Å². The highest BCUT2D eigenvalue weighted by atomic mass is 16.5. The lowest BCUT2D eigenvalue weighted by atomic mass is 10.1. The first-order valence-electron chi connectivity index (χ1n) is 6.68. The summed E-state index contributed by atoms with van der Waals surface area (Å²) in [5, 5.41) is 0. The van der Waals surface area contributed by atoms with Crippen LogP contribution in [0.3, 0.4) is 0 Å². The topological polar surface area (TPSA) is 44.8 Å². The summed E-state index contributed by atoms with van der Waals surface area (Å²) < 4.78 is 16.6. The minimum atomic E-state index is 0.198. The van der Waals surface area contributed by atoms with Crippen LogP contribution in [0.15, 0.2) is 18.2 Å². The Labute approximate surface area is 113 Å². The predicted octanol–water partition coefficient (Wildman–Crippen LogP) is 2.38. The van der Waals surface area contributed by atoms with Crippen molar-refractivity contribution < 1.29 is 19.0 Å². The third-order valence-corrected chi connectivity index (χ3v) is 3.24. The summed E-state index contributed by atoms with van der Waals surface area (Å²) in [5.41, 5.74) is 1.09. The Kier molecular flexibility index (Phi) is 5.21. The average molecular weight is 264 g/mol. The maximum Gasteiger partial charge on any atom is 0.161 e. The van der Waals surface area contributed by atoms with Gasteiger partial charge in [-0.2, -0.15) is 0 Å². The molecule has 104 valence electrons. The summed E-state index contributed by atoms with van der Waals surface area (Å²) in [6.07, 6.45) is 4.22. The Morgan fingerprint density at radius 1 is 1.32 bits per heavy atom. The van der Waals surface area contributed by atoms with Crippen LogP contribution in [0.2, 0.25) is 0 Å². The molecule has 1 aliphatic rings. The molecule has 0 N–H and O–H groups in total. The molecule has 0 bridgehead atoms. The van der Waals surface area contributed by atoms with Crippen molar-refractivity contribution in [1.29, 1.82) is 0 Å². The number of carbonyl (C=O) groups is 1. The molecule has 4 heteroatoms. The molecule has 0 amide bonds. The van der Waals surface area contributed by atoms with E-state index in [1.165, 1.54) is 0 Å². The number of hydrogen-bond acceptors (Lipinski definition) is 4. The first-order chi connectivity index (χ1) is 9.33. The molecule has 1 aromatic carbocycles. The fraction of sp³-hybridized carbons (Fsp3) is 0.533. The number of rotatable bonds is 6. The van der Waals surface area contributed by atoms with Crippen molar-refractivity contribution in [2.75, 3.05) is 20.3 Å². The molecule has 0 radical (unpaired) electrons. The summed E-state index contributed by atoms with van der Waals surface area (Å²) in [7, 11) is 1.63. The number of carbonyl (C=O) groups excluding carboxylic acids is 1. The minimum absolute atomic E-state index is 0.198. The van der Waals surface area contributed by atoms with Gasteiger partial charge in [-0.3, -0.25) is 0 Å². The van der Waals surface area contributed by atoms with E-state index in [1.807, 2.05) is 18.2 Å². The molecule has 0 spiro atoms. The third-order valence-electron chi connectivity index (χ3n) is 3.24. The van der Waals surface area contributed by atoms with E-state index >= 15 is 0 Å². The average Bonchev–Trinajstić information content (AvgIpc) is 2.47. The first-order valence-corrected chi connectivity index (χ1v) is 6.68. The molecule has 0 atom stereocenters. The van der Waals surface area contributed by atoms with E-state index in [0.29, 0.717) is 6.42 Å². The summed E-state index contributed by atoms with van der Waals surface area (Å²) in [6, 6.07) is 5.85. The van der Waals surface area contributed by atoms with Crippen LogP contribution >= 0.6 is 0 Å². The van der Waals surface area contributed by atoms with Gasteiger partial charge in [0.05, 0.1) is 20.3 Å². The highest BCUT2D eigenvalue weighted by molar-refractivity contribution is 5.51. The molecule has 0 aliphatic carbocycles. The Balaban J connectivity index is 2.04. The van der Waals surface area contributed by atoms with Crippen LogP contribution in [-0.4, -0.2) is 32.7 Å². The number of ether oxygens (including phenoxy) is 3. The number of benzene rings is 1. The summed E-state index contributed by atoms with van der Waals surface area (Å²) in [6.45, 7) is 1.51. The Morgan fingerprint density at radius 3 is 2.79 bits per heavy atom. The van der Waals surface area contributed by atoms with Crippen molar-refractivity contribution in [3.05, 3.63) is 23.8 Å². The molecular weight excluding hydrogens is 244 g/mol. The molecular formula is C15H20O4. The van der Waals surface area contributed by atoms with Crippen molar-refractivity contribution in [1.82, 2.24) is 0 Å². The molecule has 0 unspecified atom stereocenters. The highest BCUT2D eigenvalue weighted by Crippen LogP contribution is 2.30. The zero-order chi connectivity index (χ0) is 13.5. The van der Waals surface area contributed by atoms with E-state index in [4.69, 9.17) is 14.2 Å². The molecule has 0 saturated carbocycles. The maximum absolute atomic E-state index is 10.4. The van der Waals surface area contributed by atoms with Gasteiger partial charge in [-0.15, -0.1) is 0 Å². The van der Waals surface area contributed by atoms with E-state index < -0.39 is 0 Å². The monoisotopic (exact) mass is 264 g/mol. The van der Waals surface area contributed by atoms with Crippen LogP contribution in [-0.2, 0) is 16.0 Å². The van der Waals surface area contributed by atoms with Crippen LogP contribution in [0.5, 0.6) is 11.5 Å². The van der Waals surface area contributed by atoms with Gasteiger partial charge in [0, 0.05) is 19.3 Å². The van der Waals surface area contributed by atoms with Gasteiger partial charge in [0.2, 0.25) is 0 Å². The van der Waals surface area contributed by atoms with E-state index in [1.54, 1.807) is 7.11 Å². The summed E-state index contributed by atoms with van der Waals surface area (Å²) >= 11 is 0. The Bertz CT molecular complexity index is 411. The summed E-state index contributed by atoms with van der Waals surface area (Å²) in [4.78, 5) is 10.4. The first kappa shape index (κ1) is 13.9. The number of hydrogen-bond donors (Lipinski definition) is 0. The van der Waals surface area contributed by atoms with Crippen LogP contribution in [0.25, 0.3) is 0 Å². The van der Waals surface area contributed by atoms with Crippen molar-refractivity contribution >= 4 is 6.29 Å². The lowest BCUT2D eigenvalue weighted by molar-refractivity contribution is -0.107. The smallest absolute Gasteiger partial charge is 0.161 e. The van der Waals surface area contributed by atoms with Gasteiger partial charge >= 0.3 is 0 Å². The van der Waals surface area contributed by atoms with Gasteiger partial charge in [-0.1, -0.05) is 6.07 Å². The van der Waals surface area contributed by atoms with Crippen LogP contribution < -0.4 is 9.47 Å². The predicted molar refractivity (Wildman–Crippen MR) is 71.8 cm³/mol. The quantitative estimate of drug-likeness (QED) is 0.740. The van der Waals surface area contributed by atoms with Crippen molar-refractivity contribution in [2.24, 2.45) is 0 Å². The molecule has 1 saturated heterocycles. The SMILES string of the molecule is COc1cc(CCC=O)ccc1OC1CCOCC1. The fourth-order valence-corrected chi connectivity index (χ4v) is 2.16. The third kappa shape index (κ3) is 3.96. The van der Waals surface area contributed by atoms with E-state index in [-0.39, 0.29) is 6.10 Å². The summed E-state index contributed by atoms with van der Waals surface area (Å²) in [5.74, 6) is 1.50. The van der Waals surface area contributed by atoms with Gasteiger partial charge in [0.15, 0.2) is 11.5 Å². The number of methoxy groups -OCH3 is 1. The molecule has 1 fully saturated rings. The van der Waals surface area contributed by atoms with Gasteiger partial charge in [0.1, 0.15) is 12.4 Å². The molecule has 1 aromatic rings. The van der Waals surface area contributed by atoms with Crippen molar-refractivity contribution in [3.63, 3.8) is 0 Å². The second kappa shape index (κ2) is 7.14. The molecule has 4 nitrogen and oxygen atoms in total. The number of aldehydes is 1.